The fourth-order valence-electron chi connectivity index (χ4n) is 2.72. The summed E-state index contributed by atoms with van der Waals surface area (Å²) in [5.41, 5.74) is 0.258. The summed E-state index contributed by atoms with van der Waals surface area (Å²) in [6, 6.07) is 4.78. The minimum Gasteiger partial charge on any atom is -0.481 e. The van der Waals surface area contributed by atoms with E-state index in [1.165, 1.54) is 6.07 Å². The lowest BCUT2D eigenvalue weighted by Gasteiger charge is -2.31. The van der Waals surface area contributed by atoms with E-state index >= 15 is 0 Å². The third-order valence-corrected chi connectivity index (χ3v) is 4.26. The molecular weight excluding hydrogens is 281 g/mol. The number of carboxylic acids is 1. The zero-order valence-corrected chi connectivity index (χ0v) is 12.6. The highest BCUT2D eigenvalue weighted by Gasteiger charge is 2.43. The predicted octanol–water partition coefficient (Wildman–Crippen LogP) is 3.38. The molecule has 0 bridgehead atoms. The van der Waals surface area contributed by atoms with E-state index in [-0.39, 0.29) is 16.5 Å². The Morgan fingerprint density at radius 1 is 1.40 bits per heavy atom. The molecule has 1 fully saturated rings. The molecule has 0 unspecified atom stereocenters. The molecule has 2 rings (SSSR count). The smallest absolute Gasteiger partial charge is 0.308 e. The van der Waals surface area contributed by atoms with E-state index in [1.807, 2.05) is 20.8 Å². The number of nitrogens with zero attached hydrogens (tertiary/aromatic N) is 1. The highest BCUT2D eigenvalue weighted by Crippen LogP contribution is 2.38. The van der Waals surface area contributed by atoms with E-state index in [0.29, 0.717) is 18.7 Å². The summed E-state index contributed by atoms with van der Waals surface area (Å²) in [4.78, 5) is 13.6. The highest BCUT2D eigenvalue weighted by atomic mass is 35.5. The van der Waals surface area contributed by atoms with Crippen molar-refractivity contribution in [3.63, 3.8) is 0 Å². The summed E-state index contributed by atoms with van der Waals surface area (Å²) in [5.74, 6) is -2.37. The molecule has 1 heterocycles. The lowest BCUT2D eigenvalue weighted by atomic mass is 9.89. The van der Waals surface area contributed by atoms with Crippen LogP contribution in [0.4, 0.5) is 4.39 Å². The number of aliphatic carboxylic acids is 1. The maximum absolute atomic E-state index is 14.2. The van der Waals surface area contributed by atoms with Gasteiger partial charge in [-0.3, -0.25) is 9.69 Å². The van der Waals surface area contributed by atoms with Gasteiger partial charge in [0.2, 0.25) is 0 Å². The molecule has 110 valence electrons. The molecule has 1 saturated heterocycles. The monoisotopic (exact) mass is 299 g/mol. The van der Waals surface area contributed by atoms with Gasteiger partial charge in [-0.25, -0.2) is 4.39 Å². The molecule has 1 aliphatic heterocycles. The third-order valence-electron chi connectivity index (χ3n) is 3.97. The Labute approximate surface area is 123 Å². The average Bonchev–Trinajstić information content (AvgIpc) is 2.77. The van der Waals surface area contributed by atoms with E-state index in [4.69, 9.17) is 11.6 Å². The number of likely N-dealkylation sites (tertiary alicyclic amines) is 1. The first-order valence-corrected chi connectivity index (χ1v) is 7.01. The Morgan fingerprint density at radius 2 is 2.05 bits per heavy atom. The number of carboxylic acid groups (broad SMARTS) is 1. The minimum absolute atomic E-state index is 0.0425. The number of rotatable bonds is 2. The molecule has 0 radical (unpaired) electrons. The lowest BCUT2D eigenvalue weighted by Crippen LogP contribution is -2.40. The van der Waals surface area contributed by atoms with Gasteiger partial charge < -0.3 is 5.11 Å². The van der Waals surface area contributed by atoms with Crippen LogP contribution in [0.5, 0.6) is 0 Å². The van der Waals surface area contributed by atoms with Crippen molar-refractivity contribution in [2.45, 2.75) is 32.2 Å². The number of benzene rings is 1. The second kappa shape index (κ2) is 5.34. The van der Waals surface area contributed by atoms with E-state index in [2.05, 4.69) is 4.90 Å². The normalized spacial score (nSPS) is 24.1. The van der Waals surface area contributed by atoms with Crippen LogP contribution in [0.2, 0.25) is 5.02 Å². The first-order chi connectivity index (χ1) is 9.21. The Morgan fingerprint density at radius 3 is 2.60 bits per heavy atom. The first kappa shape index (κ1) is 15.3. The first-order valence-electron chi connectivity index (χ1n) is 6.63. The summed E-state index contributed by atoms with van der Waals surface area (Å²) in [6.45, 7) is 7.04. The quantitative estimate of drug-likeness (QED) is 0.910. The molecule has 1 N–H and O–H groups in total. The van der Waals surface area contributed by atoms with E-state index in [1.54, 1.807) is 12.1 Å². The van der Waals surface area contributed by atoms with E-state index < -0.39 is 17.7 Å². The standard InChI is InChI=1S/C15H19ClFNO2/c1-15(2,3)18-7-10(11(8-18)14(19)20)9-5-4-6-12(16)13(9)17/h4-6,10-11H,7-8H2,1-3H3,(H,19,20)/t10-,11+/m0/s1. The molecule has 5 heteroatoms. The molecular formula is C15H19ClFNO2. The van der Waals surface area contributed by atoms with Crippen LogP contribution in [0.1, 0.15) is 32.3 Å². The molecule has 1 aromatic rings. The number of hydrogen-bond acceptors (Lipinski definition) is 2. The zero-order chi connectivity index (χ0) is 15.1. The molecule has 1 aromatic carbocycles. The van der Waals surface area contributed by atoms with Gasteiger partial charge >= 0.3 is 5.97 Å². The fourth-order valence-corrected chi connectivity index (χ4v) is 2.91. The third kappa shape index (κ3) is 2.81. The van der Waals surface area contributed by atoms with Crippen LogP contribution in [0.15, 0.2) is 18.2 Å². The van der Waals surface area contributed by atoms with Gasteiger partial charge in [0, 0.05) is 24.5 Å². The van der Waals surface area contributed by atoms with E-state index in [9.17, 15) is 14.3 Å². The van der Waals surface area contributed by atoms with Crippen LogP contribution in [-0.2, 0) is 4.79 Å². The predicted molar refractivity (Wildman–Crippen MR) is 76.6 cm³/mol. The SMILES string of the molecule is CC(C)(C)N1C[C@@H](C(=O)O)[C@H](c2cccc(Cl)c2F)C1. The highest BCUT2D eigenvalue weighted by molar-refractivity contribution is 6.30. The Kier molecular flexibility index (Phi) is 4.07. The van der Waals surface area contributed by atoms with Crippen LogP contribution in [0.3, 0.4) is 0 Å². The van der Waals surface area contributed by atoms with Crippen molar-refractivity contribution in [2.24, 2.45) is 5.92 Å². The van der Waals surface area contributed by atoms with Gasteiger partial charge in [0.25, 0.3) is 0 Å². The number of carbonyl (C=O) groups is 1. The minimum atomic E-state index is -0.888. The van der Waals surface area contributed by atoms with Crippen LogP contribution < -0.4 is 0 Å². The lowest BCUT2D eigenvalue weighted by molar-refractivity contribution is -0.141. The molecule has 0 aliphatic carbocycles. The summed E-state index contributed by atoms with van der Waals surface area (Å²) in [5, 5.41) is 9.45. The summed E-state index contributed by atoms with van der Waals surface area (Å²) >= 11 is 5.81. The molecule has 2 atom stereocenters. The van der Waals surface area contributed by atoms with Crippen LogP contribution in [0, 0.1) is 11.7 Å². The largest absolute Gasteiger partial charge is 0.481 e. The van der Waals surface area contributed by atoms with Crippen molar-refractivity contribution >= 4 is 17.6 Å². The number of hydrogen-bond donors (Lipinski definition) is 1. The van der Waals surface area contributed by atoms with Crippen molar-refractivity contribution in [2.75, 3.05) is 13.1 Å². The van der Waals surface area contributed by atoms with Gasteiger partial charge in [-0.1, -0.05) is 23.7 Å². The van der Waals surface area contributed by atoms with Crippen molar-refractivity contribution in [3.8, 4) is 0 Å². The van der Waals surface area contributed by atoms with Crippen molar-refractivity contribution in [1.82, 2.24) is 4.90 Å². The van der Waals surface area contributed by atoms with Crippen LogP contribution in [-0.4, -0.2) is 34.6 Å². The van der Waals surface area contributed by atoms with Gasteiger partial charge in [0.05, 0.1) is 10.9 Å². The van der Waals surface area contributed by atoms with Crippen molar-refractivity contribution < 1.29 is 14.3 Å². The van der Waals surface area contributed by atoms with Gasteiger partial charge in [0.1, 0.15) is 5.82 Å². The second-order valence-electron chi connectivity index (χ2n) is 6.27. The van der Waals surface area contributed by atoms with Crippen molar-refractivity contribution in [1.29, 1.82) is 0 Å². The average molecular weight is 300 g/mol. The molecule has 0 saturated carbocycles. The summed E-state index contributed by atoms with van der Waals surface area (Å²) in [6.07, 6.45) is 0. The molecule has 0 aromatic heterocycles. The molecule has 0 spiro atoms. The molecule has 20 heavy (non-hydrogen) atoms. The topological polar surface area (TPSA) is 40.5 Å². The Bertz CT molecular complexity index is 527. The van der Waals surface area contributed by atoms with Gasteiger partial charge in [-0.15, -0.1) is 0 Å². The van der Waals surface area contributed by atoms with Gasteiger partial charge in [0.15, 0.2) is 0 Å². The molecule has 0 amide bonds. The maximum Gasteiger partial charge on any atom is 0.308 e. The molecule has 1 aliphatic rings. The fraction of sp³-hybridized carbons (Fsp3) is 0.533. The second-order valence-corrected chi connectivity index (χ2v) is 6.68. The van der Waals surface area contributed by atoms with Crippen LogP contribution >= 0.6 is 11.6 Å². The zero-order valence-electron chi connectivity index (χ0n) is 11.9. The van der Waals surface area contributed by atoms with Crippen molar-refractivity contribution in [3.05, 3.63) is 34.6 Å². The summed E-state index contributed by atoms with van der Waals surface area (Å²) < 4.78 is 14.2. The van der Waals surface area contributed by atoms with Gasteiger partial charge in [-0.2, -0.15) is 0 Å². The maximum atomic E-state index is 14.2. The number of halogens is 2. The van der Waals surface area contributed by atoms with Crippen LogP contribution in [0.25, 0.3) is 0 Å². The Balaban J connectivity index is 2.38. The molecule has 3 nitrogen and oxygen atoms in total. The Hall–Kier alpha value is -1.13. The van der Waals surface area contributed by atoms with Gasteiger partial charge in [-0.05, 0) is 32.4 Å². The summed E-state index contributed by atoms with van der Waals surface area (Å²) in [7, 11) is 0. The van der Waals surface area contributed by atoms with E-state index in [0.717, 1.165) is 0 Å².